The standard InChI is InChI=1S/C15H19N3O2/c1-4-9-15(2,3)18-12-10-7-5-6-8-11(10)16-13(17-12)14(19)20/h5-8H,4,9H2,1-3H3,(H,19,20)(H,16,17,18). The molecular formula is C15H19N3O2. The number of benzene rings is 1. The Morgan fingerprint density at radius 2 is 2.00 bits per heavy atom. The third-order valence-electron chi connectivity index (χ3n) is 3.13. The molecule has 1 heterocycles. The minimum absolute atomic E-state index is 0.151. The zero-order valence-corrected chi connectivity index (χ0v) is 12.0. The van der Waals surface area contributed by atoms with Crippen molar-refractivity contribution in [3.05, 3.63) is 30.1 Å². The van der Waals surface area contributed by atoms with E-state index in [9.17, 15) is 4.79 Å². The van der Waals surface area contributed by atoms with Crippen molar-refractivity contribution >= 4 is 22.7 Å². The molecule has 0 atom stereocenters. The molecule has 0 aliphatic heterocycles. The predicted octanol–water partition coefficient (Wildman–Crippen LogP) is 3.32. The van der Waals surface area contributed by atoms with Gasteiger partial charge in [-0.15, -0.1) is 0 Å². The molecule has 2 rings (SSSR count). The highest BCUT2D eigenvalue weighted by atomic mass is 16.4. The Morgan fingerprint density at radius 3 is 2.65 bits per heavy atom. The van der Waals surface area contributed by atoms with Gasteiger partial charge in [0.1, 0.15) is 5.82 Å². The van der Waals surface area contributed by atoms with Crippen LogP contribution in [0.3, 0.4) is 0 Å². The Hall–Kier alpha value is -2.17. The highest BCUT2D eigenvalue weighted by molar-refractivity contribution is 5.93. The van der Waals surface area contributed by atoms with E-state index in [0.29, 0.717) is 11.3 Å². The van der Waals surface area contributed by atoms with Gasteiger partial charge in [0.15, 0.2) is 0 Å². The van der Waals surface area contributed by atoms with Gasteiger partial charge in [0.25, 0.3) is 0 Å². The summed E-state index contributed by atoms with van der Waals surface area (Å²) >= 11 is 0. The molecule has 0 unspecified atom stereocenters. The summed E-state index contributed by atoms with van der Waals surface area (Å²) in [5, 5.41) is 13.3. The van der Waals surface area contributed by atoms with Crippen molar-refractivity contribution in [3.8, 4) is 0 Å². The number of carboxylic acids is 1. The SMILES string of the molecule is CCCC(C)(C)Nc1nc(C(=O)O)nc2ccccc12. The first-order valence-electron chi connectivity index (χ1n) is 6.71. The molecule has 5 nitrogen and oxygen atoms in total. The minimum Gasteiger partial charge on any atom is -0.475 e. The predicted molar refractivity (Wildman–Crippen MR) is 79.1 cm³/mol. The molecule has 5 heteroatoms. The molecule has 20 heavy (non-hydrogen) atoms. The number of carbonyl (C=O) groups is 1. The number of nitrogens with one attached hydrogen (secondary N) is 1. The van der Waals surface area contributed by atoms with Crippen LogP contribution >= 0.6 is 0 Å². The average Bonchev–Trinajstić information content (AvgIpc) is 2.37. The number of carboxylic acid groups (broad SMARTS) is 1. The number of para-hydroxylation sites is 1. The van der Waals surface area contributed by atoms with Gasteiger partial charge >= 0.3 is 5.97 Å². The first-order chi connectivity index (χ1) is 9.43. The quantitative estimate of drug-likeness (QED) is 0.874. The van der Waals surface area contributed by atoms with Crippen LogP contribution in [0.2, 0.25) is 0 Å². The number of aromatic nitrogens is 2. The zero-order chi connectivity index (χ0) is 14.8. The molecule has 0 bridgehead atoms. The molecule has 0 amide bonds. The van der Waals surface area contributed by atoms with Crippen molar-refractivity contribution in [1.29, 1.82) is 0 Å². The molecular weight excluding hydrogens is 254 g/mol. The molecule has 0 aliphatic carbocycles. The second-order valence-electron chi connectivity index (χ2n) is 5.48. The lowest BCUT2D eigenvalue weighted by Gasteiger charge is -2.27. The third-order valence-corrected chi connectivity index (χ3v) is 3.13. The van der Waals surface area contributed by atoms with E-state index in [1.807, 2.05) is 18.2 Å². The maximum atomic E-state index is 11.1. The number of rotatable bonds is 5. The van der Waals surface area contributed by atoms with Crippen LogP contribution in [0.5, 0.6) is 0 Å². The highest BCUT2D eigenvalue weighted by Crippen LogP contribution is 2.25. The number of hydrogen-bond acceptors (Lipinski definition) is 4. The molecule has 0 spiro atoms. The van der Waals surface area contributed by atoms with Crippen molar-refractivity contribution in [2.24, 2.45) is 0 Å². The van der Waals surface area contributed by atoms with E-state index < -0.39 is 5.97 Å². The Balaban J connectivity index is 2.52. The number of anilines is 1. The molecule has 0 fully saturated rings. The molecule has 106 valence electrons. The van der Waals surface area contributed by atoms with E-state index >= 15 is 0 Å². The van der Waals surface area contributed by atoms with E-state index in [1.165, 1.54) is 0 Å². The molecule has 2 aromatic rings. The van der Waals surface area contributed by atoms with Crippen molar-refractivity contribution in [1.82, 2.24) is 9.97 Å². The lowest BCUT2D eigenvalue weighted by atomic mass is 9.99. The van der Waals surface area contributed by atoms with E-state index in [0.717, 1.165) is 18.2 Å². The molecule has 1 aromatic heterocycles. The Kier molecular flexibility index (Phi) is 3.88. The average molecular weight is 273 g/mol. The van der Waals surface area contributed by atoms with Crippen molar-refractivity contribution in [2.75, 3.05) is 5.32 Å². The summed E-state index contributed by atoms with van der Waals surface area (Å²) in [6, 6.07) is 7.42. The molecule has 0 saturated carbocycles. The zero-order valence-electron chi connectivity index (χ0n) is 12.0. The Morgan fingerprint density at radius 1 is 1.30 bits per heavy atom. The minimum atomic E-state index is -1.12. The summed E-state index contributed by atoms with van der Waals surface area (Å²) in [7, 11) is 0. The monoisotopic (exact) mass is 273 g/mol. The number of aromatic carboxylic acids is 1. The van der Waals surface area contributed by atoms with Crippen molar-refractivity contribution in [2.45, 2.75) is 39.2 Å². The van der Waals surface area contributed by atoms with Gasteiger partial charge in [0, 0.05) is 10.9 Å². The van der Waals surface area contributed by atoms with Gasteiger partial charge in [0.05, 0.1) is 5.52 Å². The van der Waals surface area contributed by atoms with Gasteiger partial charge in [-0.1, -0.05) is 25.5 Å². The fraction of sp³-hybridized carbons (Fsp3) is 0.400. The van der Waals surface area contributed by atoms with Gasteiger partial charge < -0.3 is 10.4 Å². The van der Waals surface area contributed by atoms with Gasteiger partial charge in [-0.25, -0.2) is 14.8 Å². The second kappa shape index (κ2) is 5.45. The van der Waals surface area contributed by atoms with E-state index in [4.69, 9.17) is 5.11 Å². The van der Waals surface area contributed by atoms with Crippen LogP contribution in [-0.4, -0.2) is 26.6 Å². The van der Waals surface area contributed by atoms with Crippen LogP contribution < -0.4 is 5.32 Å². The van der Waals surface area contributed by atoms with Crippen LogP contribution in [0.4, 0.5) is 5.82 Å². The summed E-state index contributed by atoms with van der Waals surface area (Å²) in [4.78, 5) is 19.3. The van der Waals surface area contributed by atoms with E-state index in [2.05, 4.69) is 36.1 Å². The first-order valence-corrected chi connectivity index (χ1v) is 6.71. The molecule has 1 aromatic carbocycles. The third kappa shape index (κ3) is 3.04. The van der Waals surface area contributed by atoms with Gasteiger partial charge in [-0.2, -0.15) is 0 Å². The van der Waals surface area contributed by atoms with E-state index in [-0.39, 0.29) is 11.4 Å². The van der Waals surface area contributed by atoms with Crippen LogP contribution in [0.15, 0.2) is 24.3 Å². The highest BCUT2D eigenvalue weighted by Gasteiger charge is 2.20. The maximum absolute atomic E-state index is 11.1. The molecule has 2 N–H and O–H groups in total. The van der Waals surface area contributed by atoms with Crippen LogP contribution in [0.25, 0.3) is 10.9 Å². The fourth-order valence-electron chi connectivity index (χ4n) is 2.28. The molecule has 0 aliphatic rings. The summed E-state index contributed by atoms with van der Waals surface area (Å²) in [5.41, 5.74) is 0.483. The van der Waals surface area contributed by atoms with Gasteiger partial charge in [0.2, 0.25) is 5.82 Å². The summed E-state index contributed by atoms with van der Waals surface area (Å²) in [6.45, 7) is 6.27. The lowest BCUT2D eigenvalue weighted by molar-refractivity contribution is 0.0684. The van der Waals surface area contributed by atoms with Crippen LogP contribution in [0.1, 0.15) is 44.2 Å². The largest absolute Gasteiger partial charge is 0.475 e. The number of hydrogen-bond donors (Lipinski definition) is 2. The molecule has 0 radical (unpaired) electrons. The van der Waals surface area contributed by atoms with Crippen molar-refractivity contribution < 1.29 is 9.90 Å². The van der Waals surface area contributed by atoms with Gasteiger partial charge in [-0.05, 0) is 32.4 Å². The Labute approximate surface area is 118 Å². The van der Waals surface area contributed by atoms with Gasteiger partial charge in [-0.3, -0.25) is 0 Å². The smallest absolute Gasteiger partial charge is 0.374 e. The fourth-order valence-corrected chi connectivity index (χ4v) is 2.28. The number of nitrogens with zero attached hydrogens (tertiary/aromatic N) is 2. The topological polar surface area (TPSA) is 75.1 Å². The number of fused-ring (bicyclic) bond motifs is 1. The van der Waals surface area contributed by atoms with E-state index in [1.54, 1.807) is 6.07 Å². The summed E-state index contributed by atoms with van der Waals surface area (Å²) in [5.74, 6) is -0.725. The summed E-state index contributed by atoms with van der Waals surface area (Å²) < 4.78 is 0. The maximum Gasteiger partial charge on any atom is 0.374 e. The van der Waals surface area contributed by atoms with Crippen molar-refractivity contribution in [3.63, 3.8) is 0 Å². The molecule has 0 saturated heterocycles. The Bertz CT molecular complexity index is 638. The lowest BCUT2D eigenvalue weighted by Crippen LogP contribution is -2.31. The summed E-state index contributed by atoms with van der Waals surface area (Å²) in [6.07, 6.45) is 2.00. The van der Waals surface area contributed by atoms with Crippen LogP contribution in [-0.2, 0) is 0 Å². The second-order valence-corrected chi connectivity index (χ2v) is 5.48. The van der Waals surface area contributed by atoms with Crippen LogP contribution in [0, 0.1) is 0 Å². The first kappa shape index (κ1) is 14.2. The normalized spacial score (nSPS) is 11.6.